The fourth-order valence-electron chi connectivity index (χ4n) is 4.92. The Morgan fingerprint density at radius 2 is 2.07 bits per heavy atom. The molecule has 6 nitrogen and oxygen atoms in total. The molecule has 1 unspecified atom stereocenters. The van der Waals surface area contributed by atoms with Crippen LogP contribution in [0.25, 0.3) is 11.3 Å². The molecule has 30 heavy (non-hydrogen) atoms. The Labute approximate surface area is 177 Å². The van der Waals surface area contributed by atoms with Crippen LogP contribution < -0.4 is 15.5 Å². The molecule has 0 radical (unpaired) electrons. The molecule has 160 valence electrons. The number of fused-ring (bicyclic) bond motifs is 3. The summed E-state index contributed by atoms with van der Waals surface area (Å²) in [7, 11) is 0. The van der Waals surface area contributed by atoms with E-state index in [1.54, 1.807) is 6.07 Å². The number of nitrogens with zero attached hydrogens (tertiary/aromatic N) is 1. The van der Waals surface area contributed by atoms with Gasteiger partial charge in [-0.2, -0.15) is 0 Å². The highest BCUT2D eigenvalue weighted by Gasteiger charge is 2.25. The summed E-state index contributed by atoms with van der Waals surface area (Å²) in [6.45, 7) is 7.07. The molecule has 0 bridgehead atoms. The normalized spacial score (nSPS) is 21.7. The van der Waals surface area contributed by atoms with Gasteiger partial charge in [0.05, 0.1) is 25.5 Å². The molecule has 1 atom stereocenters. The van der Waals surface area contributed by atoms with Crippen LogP contribution in [-0.4, -0.2) is 50.2 Å². The number of hydrogen-bond acceptors (Lipinski definition) is 5. The second-order valence-corrected chi connectivity index (χ2v) is 8.54. The molecule has 3 aliphatic rings. The summed E-state index contributed by atoms with van der Waals surface area (Å²) in [5.74, 6) is 1.26. The van der Waals surface area contributed by atoms with Gasteiger partial charge in [0, 0.05) is 23.7 Å². The molecule has 0 amide bonds. The standard InChI is InChI=1S/C24H30N2O4/c1-16-22(27)13-23(30-15-20-14-28-10-11-29-20)26-9-6-19-12-18(2-3-21(19)24(16)26)17-4-7-25-8-5-17/h2-3,12-13,17,20,25H,4-11,14-15H2,1H3. The maximum absolute atomic E-state index is 12.7. The van der Waals surface area contributed by atoms with Crippen LogP contribution in [0.5, 0.6) is 5.88 Å². The van der Waals surface area contributed by atoms with E-state index in [1.165, 1.54) is 24.0 Å². The largest absolute Gasteiger partial charge is 0.476 e. The van der Waals surface area contributed by atoms with Gasteiger partial charge in [-0.05, 0) is 56.3 Å². The molecule has 3 aliphatic heterocycles. The van der Waals surface area contributed by atoms with Crippen LogP contribution in [0.4, 0.5) is 0 Å². The van der Waals surface area contributed by atoms with E-state index in [-0.39, 0.29) is 11.5 Å². The first-order valence-corrected chi connectivity index (χ1v) is 11.1. The molecule has 2 fully saturated rings. The van der Waals surface area contributed by atoms with Crippen LogP contribution in [-0.2, 0) is 22.4 Å². The Morgan fingerprint density at radius 1 is 1.20 bits per heavy atom. The lowest BCUT2D eigenvalue weighted by atomic mass is 9.86. The Morgan fingerprint density at radius 3 is 2.87 bits per heavy atom. The van der Waals surface area contributed by atoms with E-state index in [0.717, 1.165) is 42.9 Å². The Bertz CT molecular complexity index is 972. The fraction of sp³-hybridized carbons (Fsp3) is 0.542. The third-order valence-corrected chi connectivity index (χ3v) is 6.62. The van der Waals surface area contributed by atoms with Gasteiger partial charge in [0.25, 0.3) is 0 Å². The monoisotopic (exact) mass is 410 g/mol. The van der Waals surface area contributed by atoms with Crippen molar-refractivity contribution in [3.8, 4) is 17.1 Å². The molecular weight excluding hydrogens is 380 g/mol. The molecule has 1 aromatic carbocycles. The fourth-order valence-corrected chi connectivity index (χ4v) is 4.92. The smallest absolute Gasteiger partial charge is 0.197 e. The van der Waals surface area contributed by atoms with Gasteiger partial charge in [-0.25, -0.2) is 0 Å². The van der Waals surface area contributed by atoms with Crippen molar-refractivity contribution in [1.82, 2.24) is 9.88 Å². The zero-order chi connectivity index (χ0) is 20.5. The van der Waals surface area contributed by atoms with Crippen molar-refractivity contribution in [2.75, 3.05) is 39.5 Å². The summed E-state index contributed by atoms with van der Waals surface area (Å²) in [4.78, 5) is 12.7. The van der Waals surface area contributed by atoms with Gasteiger partial charge in [0.15, 0.2) is 11.3 Å². The van der Waals surface area contributed by atoms with E-state index >= 15 is 0 Å². The maximum atomic E-state index is 12.7. The summed E-state index contributed by atoms with van der Waals surface area (Å²) in [6, 6.07) is 8.47. The van der Waals surface area contributed by atoms with E-state index in [9.17, 15) is 4.79 Å². The predicted octanol–water partition coefficient (Wildman–Crippen LogP) is 2.64. The molecule has 0 spiro atoms. The SMILES string of the molecule is Cc1c2n(c(OCC3COCCO3)cc1=O)CCc1cc(C3CCNCC3)ccc1-2. The zero-order valence-corrected chi connectivity index (χ0v) is 17.6. The number of rotatable bonds is 4. The number of nitrogens with one attached hydrogen (secondary N) is 1. The number of aryl methyl sites for hydroxylation is 1. The van der Waals surface area contributed by atoms with Gasteiger partial charge in [-0.15, -0.1) is 0 Å². The number of pyridine rings is 1. The van der Waals surface area contributed by atoms with Gasteiger partial charge >= 0.3 is 0 Å². The molecule has 0 aliphatic carbocycles. The molecule has 0 saturated carbocycles. The minimum atomic E-state index is -0.0881. The first kappa shape index (κ1) is 19.8. The third kappa shape index (κ3) is 3.80. The van der Waals surface area contributed by atoms with Crippen LogP contribution in [0.2, 0.25) is 0 Å². The summed E-state index contributed by atoms with van der Waals surface area (Å²) in [5.41, 5.74) is 5.75. The summed E-state index contributed by atoms with van der Waals surface area (Å²) >= 11 is 0. The lowest BCUT2D eigenvalue weighted by Gasteiger charge is -2.29. The van der Waals surface area contributed by atoms with E-state index in [4.69, 9.17) is 14.2 Å². The van der Waals surface area contributed by atoms with Crippen molar-refractivity contribution in [3.63, 3.8) is 0 Å². The summed E-state index contributed by atoms with van der Waals surface area (Å²) in [5, 5.41) is 3.45. The number of hydrogen-bond donors (Lipinski definition) is 1. The van der Waals surface area contributed by atoms with Crippen molar-refractivity contribution < 1.29 is 14.2 Å². The van der Waals surface area contributed by atoms with Crippen molar-refractivity contribution in [1.29, 1.82) is 0 Å². The van der Waals surface area contributed by atoms with Crippen LogP contribution >= 0.6 is 0 Å². The molecule has 6 heteroatoms. The first-order chi connectivity index (χ1) is 14.7. The van der Waals surface area contributed by atoms with Crippen LogP contribution in [0, 0.1) is 6.92 Å². The predicted molar refractivity (Wildman–Crippen MR) is 115 cm³/mol. The molecule has 5 rings (SSSR count). The van der Waals surface area contributed by atoms with E-state index in [0.29, 0.717) is 38.2 Å². The molecule has 1 aromatic heterocycles. The minimum absolute atomic E-state index is 0.0207. The molecule has 4 heterocycles. The van der Waals surface area contributed by atoms with Crippen molar-refractivity contribution in [3.05, 3.63) is 51.2 Å². The van der Waals surface area contributed by atoms with Gasteiger partial charge in [0.2, 0.25) is 0 Å². The summed E-state index contributed by atoms with van der Waals surface area (Å²) < 4.78 is 19.4. The van der Waals surface area contributed by atoms with Crippen molar-refractivity contribution >= 4 is 0 Å². The molecule has 2 aromatic rings. The third-order valence-electron chi connectivity index (χ3n) is 6.62. The summed E-state index contributed by atoms with van der Waals surface area (Å²) in [6.07, 6.45) is 3.25. The maximum Gasteiger partial charge on any atom is 0.197 e. The molecule has 2 saturated heterocycles. The van der Waals surface area contributed by atoms with E-state index in [2.05, 4.69) is 28.1 Å². The number of ether oxygens (including phenoxy) is 3. The molecular formula is C24H30N2O4. The lowest BCUT2D eigenvalue weighted by molar-refractivity contribution is -0.102. The zero-order valence-electron chi connectivity index (χ0n) is 17.6. The van der Waals surface area contributed by atoms with Crippen LogP contribution in [0.15, 0.2) is 29.1 Å². The number of aromatic nitrogens is 1. The minimum Gasteiger partial charge on any atom is -0.476 e. The topological polar surface area (TPSA) is 61.7 Å². The van der Waals surface area contributed by atoms with Crippen LogP contribution in [0.1, 0.15) is 35.4 Å². The van der Waals surface area contributed by atoms with E-state index < -0.39 is 0 Å². The highest BCUT2D eigenvalue weighted by atomic mass is 16.6. The average Bonchev–Trinajstić information content (AvgIpc) is 2.81. The Balaban J connectivity index is 1.46. The van der Waals surface area contributed by atoms with Gasteiger partial charge in [-0.1, -0.05) is 18.2 Å². The highest BCUT2D eigenvalue weighted by molar-refractivity contribution is 5.70. The van der Waals surface area contributed by atoms with Gasteiger partial charge in [0.1, 0.15) is 12.7 Å². The van der Waals surface area contributed by atoms with Crippen LogP contribution in [0.3, 0.4) is 0 Å². The second-order valence-electron chi connectivity index (χ2n) is 8.54. The lowest BCUT2D eigenvalue weighted by Crippen LogP contribution is -2.34. The van der Waals surface area contributed by atoms with Crippen molar-refractivity contribution in [2.24, 2.45) is 0 Å². The Hall–Kier alpha value is -2.15. The number of benzene rings is 1. The van der Waals surface area contributed by atoms with Gasteiger partial charge < -0.3 is 24.1 Å². The van der Waals surface area contributed by atoms with Crippen molar-refractivity contribution in [2.45, 2.75) is 44.8 Å². The highest BCUT2D eigenvalue weighted by Crippen LogP contribution is 2.36. The quantitative estimate of drug-likeness (QED) is 0.840. The Kier molecular flexibility index (Phi) is 5.63. The first-order valence-electron chi connectivity index (χ1n) is 11.1. The van der Waals surface area contributed by atoms with Gasteiger partial charge in [-0.3, -0.25) is 4.79 Å². The number of piperidine rings is 1. The molecule has 1 N–H and O–H groups in total. The average molecular weight is 411 g/mol. The second kappa shape index (κ2) is 8.53. The van der Waals surface area contributed by atoms with E-state index in [1.807, 2.05) is 6.92 Å².